The third-order valence-corrected chi connectivity index (χ3v) is 5.43. The van der Waals surface area contributed by atoms with Gasteiger partial charge in [-0.3, -0.25) is 0 Å². The molecule has 1 N–H and O–H groups in total. The largest absolute Gasteiger partial charge is 0.396 e. The molecule has 0 unspecified atom stereocenters. The molecular weight excluding hydrogens is 364 g/mol. The Balaban J connectivity index is 0.000000200. The van der Waals surface area contributed by atoms with Gasteiger partial charge in [0.25, 0.3) is 0 Å². The average molecular weight is 399 g/mol. The number of aldehydes is 1. The zero-order valence-corrected chi connectivity index (χ0v) is 16.3. The molecule has 0 aliphatic heterocycles. The Morgan fingerprint density at radius 1 is 0.793 bits per heavy atom. The van der Waals surface area contributed by atoms with Gasteiger partial charge in [-0.1, -0.05) is 68.1 Å². The second-order valence-electron chi connectivity index (χ2n) is 7.72. The van der Waals surface area contributed by atoms with Crippen LogP contribution in [0.3, 0.4) is 0 Å². The monoisotopic (exact) mass is 398 g/mol. The Labute approximate surface area is 174 Å². The zero-order valence-electron chi connectivity index (χ0n) is 16.3. The van der Waals surface area contributed by atoms with Crippen LogP contribution in [0.1, 0.15) is 44.2 Å². The molecule has 0 heterocycles. The lowest BCUT2D eigenvalue weighted by molar-refractivity contribution is -0.120. The van der Waals surface area contributed by atoms with Crippen molar-refractivity contribution >= 4 is 6.29 Å². The zero-order chi connectivity index (χ0) is 19.6. The summed E-state index contributed by atoms with van der Waals surface area (Å²) < 4.78 is 11.3. The van der Waals surface area contributed by atoms with Gasteiger partial charge in [-0.05, 0) is 42.7 Å². The fourth-order valence-corrected chi connectivity index (χ4v) is 3.39. The molecular formula is C25H34O4. The number of carbonyl (C=O) groups excluding carboxylic acids is 1. The number of hydrogen-bond donors (Lipinski definition) is 1. The van der Waals surface area contributed by atoms with Gasteiger partial charge in [-0.2, -0.15) is 0 Å². The third-order valence-electron chi connectivity index (χ3n) is 5.43. The maximum atomic E-state index is 10.4. The standard InChI is InChI=1S/C12H16O2.C12H14O2.CH4/c2*13-8-11-6-12(7-11)14-9-10-4-2-1-3-5-10;/h1-5,11-13H,6-9H2;1-5,8,11-12H,6-7,9H2;1H4. The van der Waals surface area contributed by atoms with Gasteiger partial charge in [-0.15, -0.1) is 0 Å². The van der Waals surface area contributed by atoms with E-state index in [4.69, 9.17) is 14.6 Å². The van der Waals surface area contributed by atoms with Crippen molar-refractivity contribution in [1.29, 1.82) is 0 Å². The van der Waals surface area contributed by atoms with Gasteiger partial charge in [0.05, 0.1) is 25.4 Å². The molecule has 0 saturated heterocycles. The van der Waals surface area contributed by atoms with E-state index in [1.807, 2.05) is 36.4 Å². The van der Waals surface area contributed by atoms with E-state index in [1.165, 1.54) is 11.1 Å². The maximum absolute atomic E-state index is 10.4. The van der Waals surface area contributed by atoms with Crippen LogP contribution >= 0.6 is 0 Å². The van der Waals surface area contributed by atoms with Crippen LogP contribution in [0.5, 0.6) is 0 Å². The lowest BCUT2D eigenvalue weighted by atomic mass is 9.83. The Bertz CT molecular complexity index is 676. The van der Waals surface area contributed by atoms with Gasteiger partial charge in [0, 0.05) is 12.5 Å². The Morgan fingerprint density at radius 3 is 1.66 bits per heavy atom. The second kappa shape index (κ2) is 12.5. The van der Waals surface area contributed by atoms with Crippen molar-refractivity contribution in [2.75, 3.05) is 6.61 Å². The third kappa shape index (κ3) is 7.73. The summed E-state index contributed by atoms with van der Waals surface area (Å²) in [7, 11) is 0. The van der Waals surface area contributed by atoms with Gasteiger partial charge in [0.2, 0.25) is 0 Å². The van der Waals surface area contributed by atoms with E-state index in [9.17, 15) is 4.79 Å². The fourth-order valence-electron chi connectivity index (χ4n) is 3.39. The summed E-state index contributed by atoms with van der Waals surface area (Å²) in [5, 5.41) is 8.83. The molecule has 2 fully saturated rings. The van der Waals surface area contributed by atoms with Crippen molar-refractivity contribution < 1.29 is 19.4 Å². The summed E-state index contributed by atoms with van der Waals surface area (Å²) in [6, 6.07) is 20.3. The first kappa shape index (κ1) is 23.3. The minimum atomic E-state index is 0. The molecule has 29 heavy (non-hydrogen) atoms. The quantitative estimate of drug-likeness (QED) is 0.650. The van der Waals surface area contributed by atoms with Crippen molar-refractivity contribution in [2.24, 2.45) is 11.8 Å². The van der Waals surface area contributed by atoms with Crippen molar-refractivity contribution in [2.45, 2.75) is 58.5 Å². The summed E-state index contributed by atoms with van der Waals surface area (Å²) in [5.41, 5.74) is 2.42. The van der Waals surface area contributed by atoms with E-state index < -0.39 is 0 Å². The summed E-state index contributed by atoms with van der Waals surface area (Å²) in [6.45, 7) is 1.67. The molecule has 4 nitrogen and oxygen atoms in total. The molecule has 0 radical (unpaired) electrons. The first-order valence-corrected chi connectivity index (χ1v) is 10.1. The molecule has 0 spiro atoms. The molecule has 4 heteroatoms. The number of benzene rings is 2. The molecule has 4 rings (SSSR count). The van der Waals surface area contributed by atoms with E-state index in [2.05, 4.69) is 24.3 Å². The van der Waals surface area contributed by atoms with Gasteiger partial charge in [0.1, 0.15) is 6.29 Å². The molecule has 2 aromatic carbocycles. The highest BCUT2D eigenvalue weighted by Crippen LogP contribution is 2.30. The Morgan fingerprint density at radius 2 is 1.24 bits per heavy atom. The van der Waals surface area contributed by atoms with E-state index in [1.54, 1.807) is 0 Å². The minimum Gasteiger partial charge on any atom is -0.396 e. The van der Waals surface area contributed by atoms with Crippen LogP contribution in [-0.4, -0.2) is 30.2 Å². The van der Waals surface area contributed by atoms with Crippen molar-refractivity contribution in [1.82, 2.24) is 0 Å². The molecule has 2 aromatic rings. The molecule has 2 saturated carbocycles. The summed E-state index contributed by atoms with van der Waals surface area (Å²) >= 11 is 0. The smallest absolute Gasteiger partial charge is 0.123 e. The van der Waals surface area contributed by atoms with E-state index in [0.717, 1.165) is 32.0 Å². The summed E-state index contributed by atoms with van der Waals surface area (Å²) in [4.78, 5) is 10.4. The minimum absolute atomic E-state index is 0. The van der Waals surface area contributed by atoms with Crippen LogP contribution in [0.25, 0.3) is 0 Å². The Kier molecular flexibility index (Phi) is 10.1. The number of rotatable bonds is 8. The first-order valence-electron chi connectivity index (χ1n) is 10.1. The van der Waals surface area contributed by atoms with Crippen LogP contribution in [-0.2, 0) is 27.5 Å². The van der Waals surface area contributed by atoms with E-state index in [0.29, 0.717) is 37.9 Å². The van der Waals surface area contributed by atoms with Crippen LogP contribution in [0.2, 0.25) is 0 Å². The van der Waals surface area contributed by atoms with E-state index >= 15 is 0 Å². The van der Waals surface area contributed by atoms with Crippen molar-refractivity contribution in [3.8, 4) is 0 Å². The Hall–Kier alpha value is -2.01. The molecule has 0 atom stereocenters. The number of aliphatic hydroxyl groups is 1. The first-order chi connectivity index (χ1) is 13.8. The maximum Gasteiger partial charge on any atom is 0.123 e. The van der Waals surface area contributed by atoms with Crippen LogP contribution in [0.4, 0.5) is 0 Å². The fraction of sp³-hybridized carbons (Fsp3) is 0.480. The molecule has 0 aromatic heterocycles. The molecule has 2 aliphatic carbocycles. The highest BCUT2D eigenvalue weighted by molar-refractivity contribution is 5.55. The van der Waals surface area contributed by atoms with Gasteiger partial charge in [0.15, 0.2) is 0 Å². The average Bonchev–Trinajstić information content (AvgIpc) is 2.68. The molecule has 0 amide bonds. The van der Waals surface area contributed by atoms with Crippen molar-refractivity contribution in [3.05, 3.63) is 71.8 Å². The van der Waals surface area contributed by atoms with Crippen LogP contribution in [0, 0.1) is 11.8 Å². The molecule has 158 valence electrons. The summed E-state index contributed by atoms with van der Waals surface area (Å²) in [6.07, 6.45) is 5.53. The van der Waals surface area contributed by atoms with Gasteiger partial charge < -0.3 is 19.4 Å². The second-order valence-corrected chi connectivity index (χ2v) is 7.72. The summed E-state index contributed by atoms with van der Waals surface area (Å²) in [5.74, 6) is 0.728. The lowest BCUT2D eigenvalue weighted by Crippen LogP contribution is -2.33. The number of aliphatic hydroxyl groups excluding tert-OH is 1. The normalized spacial score (nSPS) is 24.7. The number of carbonyl (C=O) groups is 1. The van der Waals surface area contributed by atoms with E-state index in [-0.39, 0.29) is 13.3 Å². The highest BCUT2D eigenvalue weighted by atomic mass is 16.5. The predicted octanol–water partition coefficient (Wildman–Crippen LogP) is 4.79. The molecule has 0 bridgehead atoms. The topological polar surface area (TPSA) is 55.8 Å². The van der Waals surface area contributed by atoms with Gasteiger partial charge >= 0.3 is 0 Å². The lowest BCUT2D eigenvalue weighted by Gasteiger charge is -2.33. The van der Waals surface area contributed by atoms with Crippen LogP contribution < -0.4 is 0 Å². The SMILES string of the molecule is C.O=CC1CC(OCc2ccccc2)C1.OCC1CC(OCc2ccccc2)C1. The number of ether oxygens (including phenoxy) is 2. The molecule has 2 aliphatic rings. The van der Waals surface area contributed by atoms with Gasteiger partial charge in [-0.25, -0.2) is 0 Å². The van der Waals surface area contributed by atoms with Crippen LogP contribution in [0.15, 0.2) is 60.7 Å². The predicted molar refractivity (Wildman–Crippen MR) is 115 cm³/mol. The highest BCUT2D eigenvalue weighted by Gasteiger charge is 2.29. The number of hydrogen-bond acceptors (Lipinski definition) is 4. The van der Waals surface area contributed by atoms with Crippen molar-refractivity contribution in [3.63, 3.8) is 0 Å².